The highest BCUT2D eigenvalue weighted by atomic mass is 16.5. The number of nitrogens with two attached hydrogens (primary N) is 1. The standard InChI is InChI=1S/C31H38N8O3/c1-5-25(40)35-23-17-20(11-12-24(23)42-22-9-7-6-8-10-22)28-27-29(32)33-19-34-30(27)39(37-28)21-13-15-38(16-14-21)18-26(41)36-31(2,3)4/h5-12,17,19,21,25,35,40H,1,13-16,18H2,2-4H3,(H,36,41)(H2,32,33,34). The molecule has 11 heteroatoms. The normalized spacial score (nSPS) is 15.3. The lowest BCUT2D eigenvalue weighted by Gasteiger charge is -2.32. The molecule has 1 saturated heterocycles. The number of aromatic nitrogens is 4. The van der Waals surface area contributed by atoms with Gasteiger partial charge >= 0.3 is 0 Å². The van der Waals surface area contributed by atoms with Gasteiger partial charge in [-0.3, -0.25) is 9.69 Å². The second-order valence-electron chi connectivity index (χ2n) is 11.5. The first kappa shape index (κ1) is 29.0. The third kappa shape index (κ3) is 6.69. The van der Waals surface area contributed by atoms with E-state index in [1.807, 2.05) is 74.0 Å². The van der Waals surface area contributed by atoms with Crippen LogP contribution in [0, 0.1) is 0 Å². The summed E-state index contributed by atoms with van der Waals surface area (Å²) < 4.78 is 8.05. The second-order valence-corrected chi connectivity index (χ2v) is 11.5. The van der Waals surface area contributed by atoms with Gasteiger partial charge in [0.2, 0.25) is 5.91 Å². The van der Waals surface area contributed by atoms with Crippen molar-refractivity contribution in [3.05, 3.63) is 67.5 Å². The number of aliphatic hydroxyl groups is 1. The Labute approximate surface area is 245 Å². The number of para-hydroxylation sites is 1. The average molecular weight is 571 g/mol. The predicted octanol–water partition coefficient (Wildman–Crippen LogP) is 4.34. The summed E-state index contributed by atoms with van der Waals surface area (Å²) in [6, 6.07) is 15.1. The van der Waals surface area contributed by atoms with Crippen molar-refractivity contribution >= 4 is 28.4 Å². The molecule has 0 saturated carbocycles. The van der Waals surface area contributed by atoms with E-state index in [0.717, 1.165) is 31.5 Å². The van der Waals surface area contributed by atoms with Crippen LogP contribution in [-0.2, 0) is 4.79 Å². The number of hydrogen-bond acceptors (Lipinski definition) is 9. The van der Waals surface area contributed by atoms with Crippen LogP contribution in [0.2, 0.25) is 0 Å². The largest absolute Gasteiger partial charge is 0.455 e. The number of nitrogens with zero attached hydrogens (tertiary/aromatic N) is 5. The number of carbonyl (C=O) groups excluding carboxylic acids is 1. The van der Waals surface area contributed by atoms with E-state index in [2.05, 4.69) is 32.1 Å². The van der Waals surface area contributed by atoms with E-state index in [4.69, 9.17) is 15.6 Å². The lowest BCUT2D eigenvalue weighted by molar-refractivity contribution is -0.124. The molecule has 4 aromatic rings. The number of amides is 1. The molecule has 0 spiro atoms. The van der Waals surface area contributed by atoms with Crippen LogP contribution in [0.25, 0.3) is 22.3 Å². The number of fused-ring (bicyclic) bond motifs is 1. The topological polar surface area (TPSA) is 143 Å². The molecule has 1 aliphatic rings. The maximum absolute atomic E-state index is 12.5. The number of likely N-dealkylation sites (tertiary alicyclic amines) is 1. The van der Waals surface area contributed by atoms with Crippen molar-refractivity contribution in [1.82, 2.24) is 30.0 Å². The molecule has 42 heavy (non-hydrogen) atoms. The van der Waals surface area contributed by atoms with E-state index in [1.54, 1.807) is 0 Å². The van der Waals surface area contributed by atoms with Crippen molar-refractivity contribution in [3.63, 3.8) is 0 Å². The Kier molecular flexibility index (Phi) is 8.41. The first-order valence-corrected chi connectivity index (χ1v) is 14.1. The first-order chi connectivity index (χ1) is 20.1. The Morgan fingerprint density at radius 2 is 1.93 bits per heavy atom. The molecule has 1 aliphatic heterocycles. The highest BCUT2D eigenvalue weighted by Crippen LogP contribution is 2.38. The van der Waals surface area contributed by atoms with Crippen molar-refractivity contribution < 1.29 is 14.6 Å². The molecule has 0 aliphatic carbocycles. The third-order valence-electron chi connectivity index (χ3n) is 7.05. The fourth-order valence-electron chi connectivity index (χ4n) is 5.15. The van der Waals surface area contributed by atoms with Gasteiger partial charge in [0.05, 0.1) is 23.7 Å². The molecule has 1 fully saturated rings. The van der Waals surface area contributed by atoms with Crippen LogP contribution in [-0.4, -0.2) is 67.1 Å². The number of nitrogen functional groups attached to an aromatic ring is 1. The monoisotopic (exact) mass is 570 g/mol. The molecular formula is C31H38N8O3. The highest BCUT2D eigenvalue weighted by molar-refractivity contribution is 5.98. The van der Waals surface area contributed by atoms with E-state index < -0.39 is 6.23 Å². The van der Waals surface area contributed by atoms with Gasteiger partial charge in [0.25, 0.3) is 0 Å². The Bertz CT molecular complexity index is 1560. The molecule has 2 aromatic heterocycles. The fourth-order valence-corrected chi connectivity index (χ4v) is 5.15. The van der Waals surface area contributed by atoms with Gasteiger partial charge in [-0.1, -0.05) is 24.8 Å². The van der Waals surface area contributed by atoms with E-state index in [0.29, 0.717) is 46.3 Å². The van der Waals surface area contributed by atoms with Crippen LogP contribution < -0.4 is 21.1 Å². The summed E-state index contributed by atoms with van der Waals surface area (Å²) in [6.45, 7) is 11.5. The number of carbonyl (C=O) groups is 1. The number of nitrogens with one attached hydrogen (secondary N) is 2. The third-order valence-corrected chi connectivity index (χ3v) is 7.05. The summed E-state index contributed by atoms with van der Waals surface area (Å²) in [4.78, 5) is 23.4. The van der Waals surface area contributed by atoms with Crippen molar-refractivity contribution in [2.45, 2.75) is 51.4 Å². The molecule has 0 radical (unpaired) electrons. The maximum atomic E-state index is 12.5. The van der Waals surface area contributed by atoms with Crippen molar-refractivity contribution in [2.24, 2.45) is 0 Å². The number of aliphatic hydroxyl groups excluding tert-OH is 1. The van der Waals surface area contributed by atoms with Crippen molar-refractivity contribution in [3.8, 4) is 22.8 Å². The van der Waals surface area contributed by atoms with Gasteiger partial charge in [-0.05, 0) is 70.0 Å². The van der Waals surface area contributed by atoms with Crippen LogP contribution in [0.15, 0.2) is 67.5 Å². The Hall–Kier alpha value is -4.48. The molecule has 0 bridgehead atoms. The van der Waals surface area contributed by atoms with Crippen molar-refractivity contribution in [2.75, 3.05) is 30.7 Å². The van der Waals surface area contributed by atoms with Crippen LogP contribution in [0.4, 0.5) is 11.5 Å². The zero-order valence-corrected chi connectivity index (χ0v) is 24.2. The van der Waals surface area contributed by atoms with Gasteiger partial charge in [0, 0.05) is 24.2 Å². The molecule has 5 N–H and O–H groups in total. The van der Waals surface area contributed by atoms with E-state index >= 15 is 0 Å². The van der Waals surface area contributed by atoms with Crippen LogP contribution in [0.1, 0.15) is 39.7 Å². The summed E-state index contributed by atoms with van der Waals surface area (Å²) in [7, 11) is 0. The Balaban J connectivity index is 1.44. The van der Waals surface area contributed by atoms with Gasteiger partial charge in [-0.15, -0.1) is 0 Å². The minimum atomic E-state index is -0.989. The SMILES string of the molecule is C=CC(O)Nc1cc(-c2nn(C3CCN(CC(=O)NC(C)(C)C)CC3)c3ncnc(N)c23)ccc1Oc1ccccc1. The molecular weight excluding hydrogens is 532 g/mol. The molecule has 220 valence electrons. The smallest absolute Gasteiger partial charge is 0.234 e. The number of rotatable bonds is 9. The maximum Gasteiger partial charge on any atom is 0.234 e. The van der Waals surface area contributed by atoms with E-state index in [-0.39, 0.29) is 17.5 Å². The van der Waals surface area contributed by atoms with E-state index in [1.165, 1.54) is 12.4 Å². The summed E-state index contributed by atoms with van der Waals surface area (Å²) in [5.41, 5.74) is 8.74. The molecule has 5 rings (SSSR count). The Morgan fingerprint density at radius 1 is 1.19 bits per heavy atom. The predicted molar refractivity (Wildman–Crippen MR) is 164 cm³/mol. The summed E-state index contributed by atoms with van der Waals surface area (Å²) in [6.07, 6.45) is 3.48. The summed E-state index contributed by atoms with van der Waals surface area (Å²) in [5.74, 6) is 1.56. The minimum absolute atomic E-state index is 0.0268. The number of anilines is 2. The quantitative estimate of drug-likeness (QED) is 0.171. The minimum Gasteiger partial charge on any atom is -0.455 e. The van der Waals surface area contributed by atoms with Gasteiger partial charge in [-0.2, -0.15) is 5.10 Å². The zero-order chi connectivity index (χ0) is 29.9. The van der Waals surface area contributed by atoms with Gasteiger partial charge < -0.3 is 26.2 Å². The Morgan fingerprint density at radius 3 is 2.62 bits per heavy atom. The lowest BCUT2D eigenvalue weighted by Crippen LogP contribution is -2.47. The average Bonchev–Trinajstić information content (AvgIpc) is 3.35. The number of hydrogen-bond donors (Lipinski definition) is 4. The van der Waals surface area contributed by atoms with Crippen LogP contribution >= 0.6 is 0 Å². The zero-order valence-electron chi connectivity index (χ0n) is 24.2. The molecule has 3 heterocycles. The van der Waals surface area contributed by atoms with Gasteiger partial charge in [-0.25, -0.2) is 14.6 Å². The van der Waals surface area contributed by atoms with Crippen LogP contribution in [0.5, 0.6) is 11.5 Å². The first-order valence-electron chi connectivity index (χ1n) is 14.1. The molecule has 1 amide bonds. The van der Waals surface area contributed by atoms with Gasteiger partial charge in [0.15, 0.2) is 11.4 Å². The molecule has 1 atom stereocenters. The summed E-state index contributed by atoms with van der Waals surface area (Å²) in [5, 5.41) is 22.1. The summed E-state index contributed by atoms with van der Waals surface area (Å²) >= 11 is 0. The van der Waals surface area contributed by atoms with Crippen molar-refractivity contribution in [1.29, 1.82) is 0 Å². The van der Waals surface area contributed by atoms with Crippen LogP contribution in [0.3, 0.4) is 0 Å². The van der Waals surface area contributed by atoms with E-state index in [9.17, 15) is 9.90 Å². The number of piperidine rings is 1. The van der Waals surface area contributed by atoms with Gasteiger partial charge in [0.1, 0.15) is 29.8 Å². The fraction of sp³-hybridized carbons (Fsp3) is 0.355. The molecule has 2 aromatic carbocycles. The number of ether oxygens (including phenoxy) is 1. The molecule has 11 nitrogen and oxygen atoms in total. The lowest BCUT2D eigenvalue weighted by atomic mass is 10.0. The highest BCUT2D eigenvalue weighted by Gasteiger charge is 2.28. The molecule has 1 unspecified atom stereocenters. The number of benzene rings is 2. The second kappa shape index (κ2) is 12.2.